The summed E-state index contributed by atoms with van der Waals surface area (Å²) in [4.78, 5) is 11.8. The molecule has 0 spiro atoms. The molecular weight excluding hydrogens is 409 g/mol. The van der Waals surface area contributed by atoms with Crippen LogP contribution in [-0.4, -0.2) is 30.4 Å². The lowest BCUT2D eigenvalue weighted by molar-refractivity contribution is -0.142. The number of carbonyl (C=O) groups is 1. The molecule has 0 saturated carbocycles. The molecule has 2 rings (SSSR count). The summed E-state index contributed by atoms with van der Waals surface area (Å²) in [5.41, 5.74) is 2.18. The standard InChI is InChI=1S/C18H23F3N4O3S/c1-11(2)14-6-5-7-15(12(3)4)16(14)23-17(26)24-29(27,28)13-8-22-25(9-13)10-18(19,20)21/h5-9,11-12H,10H2,1-4H3,(H2,23,24,26). The molecule has 1 heterocycles. The van der Waals surface area contributed by atoms with Crippen molar-refractivity contribution >= 4 is 21.7 Å². The number of nitrogens with zero attached hydrogens (tertiary/aromatic N) is 2. The van der Waals surface area contributed by atoms with E-state index < -0.39 is 33.7 Å². The number of sulfonamides is 1. The molecule has 0 fully saturated rings. The van der Waals surface area contributed by atoms with Gasteiger partial charge in [-0.05, 0) is 23.0 Å². The molecular formula is C18H23F3N4O3S. The molecule has 1 aromatic carbocycles. The number of rotatable bonds is 6. The monoisotopic (exact) mass is 432 g/mol. The van der Waals surface area contributed by atoms with Crippen LogP contribution >= 0.6 is 0 Å². The van der Waals surface area contributed by atoms with E-state index in [-0.39, 0.29) is 11.8 Å². The summed E-state index contributed by atoms with van der Waals surface area (Å²) in [6.07, 6.45) is -3.08. The summed E-state index contributed by atoms with van der Waals surface area (Å²) in [6, 6.07) is 4.52. The average molecular weight is 432 g/mol. The van der Waals surface area contributed by atoms with E-state index in [0.717, 1.165) is 17.3 Å². The van der Waals surface area contributed by atoms with Gasteiger partial charge in [-0.2, -0.15) is 18.3 Å². The number of urea groups is 1. The molecule has 2 N–H and O–H groups in total. The summed E-state index contributed by atoms with van der Waals surface area (Å²) in [7, 11) is -4.39. The number of alkyl halides is 3. The lowest BCUT2D eigenvalue weighted by Gasteiger charge is -2.20. The van der Waals surface area contributed by atoms with Crippen LogP contribution in [0.1, 0.15) is 50.7 Å². The van der Waals surface area contributed by atoms with E-state index in [4.69, 9.17) is 0 Å². The zero-order chi connectivity index (χ0) is 22.0. The van der Waals surface area contributed by atoms with E-state index in [1.165, 1.54) is 0 Å². The fourth-order valence-corrected chi connectivity index (χ4v) is 3.63. The van der Waals surface area contributed by atoms with Crippen molar-refractivity contribution in [2.75, 3.05) is 5.32 Å². The zero-order valence-corrected chi connectivity index (χ0v) is 17.2. The van der Waals surface area contributed by atoms with Gasteiger partial charge in [0.05, 0.1) is 6.20 Å². The number of hydrogen-bond acceptors (Lipinski definition) is 4. The molecule has 160 valence electrons. The molecule has 7 nitrogen and oxygen atoms in total. The maximum Gasteiger partial charge on any atom is 0.408 e. The van der Waals surface area contributed by atoms with Crippen LogP contribution in [0.15, 0.2) is 35.5 Å². The van der Waals surface area contributed by atoms with Gasteiger partial charge in [0.2, 0.25) is 0 Å². The molecule has 0 aliphatic rings. The Kier molecular flexibility index (Phi) is 6.61. The van der Waals surface area contributed by atoms with Crippen molar-refractivity contribution < 1.29 is 26.4 Å². The molecule has 0 saturated heterocycles. The molecule has 0 aliphatic heterocycles. The molecule has 1 aromatic heterocycles. The SMILES string of the molecule is CC(C)c1cccc(C(C)C)c1NC(=O)NS(=O)(=O)c1cnn(CC(F)(F)F)c1. The highest BCUT2D eigenvalue weighted by molar-refractivity contribution is 7.90. The van der Waals surface area contributed by atoms with Gasteiger partial charge in [-0.25, -0.2) is 17.9 Å². The largest absolute Gasteiger partial charge is 0.408 e. The third kappa shape index (κ3) is 5.96. The predicted molar refractivity (Wildman–Crippen MR) is 102 cm³/mol. The molecule has 0 atom stereocenters. The Morgan fingerprint density at radius 1 is 1.14 bits per heavy atom. The summed E-state index contributed by atoms with van der Waals surface area (Å²) in [5.74, 6) is 0.141. The summed E-state index contributed by atoms with van der Waals surface area (Å²) in [5, 5.41) is 5.96. The van der Waals surface area contributed by atoms with E-state index in [9.17, 15) is 26.4 Å². The summed E-state index contributed by atoms with van der Waals surface area (Å²) in [6.45, 7) is 6.32. The second kappa shape index (κ2) is 8.44. The number of para-hydroxylation sites is 1. The first kappa shape index (κ1) is 22.7. The molecule has 0 bridgehead atoms. The fraction of sp³-hybridized carbons (Fsp3) is 0.444. The van der Waals surface area contributed by atoms with E-state index in [1.807, 2.05) is 50.6 Å². The van der Waals surface area contributed by atoms with Crippen molar-refractivity contribution in [1.82, 2.24) is 14.5 Å². The average Bonchev–Trinajstić information content (AvgIpc) is 3.01. The molecule has 2 amide bonds. The van der Waals surface area contributed by atoms with E-state index >= 15 is 0 Å². The highest BCUT2D eigenvalue weighted by Crippen LogP contribution is 2.32. The number of halogens is 3. The maximum absolute atomic E-state index is 12.4. The van der Waals surface area contributed by atoms with Crippen LogP contribution < -0.4 is 10.0 Å². The molecule has 0 unspecified atom stereocenters. The van der Waals surface area contributed by atoms with Crippen LogP contribution in [0.4, 0.5) is 23.7 Å². The van der Waals surface area contributed by atoms with Gasteiger partial charge in [0.15, 0.2) is 0 Å². The van der Waals surface area contributed by atoms with Crippen LogP contribution in [0, 0.1) is 0 Å². The van der Waals surface area contributed by atoms with Gasteiger partial charge in [-0.1, -0.05) is 45.9 Å². The number of hydrogen-bond donors (Lipinski definition) is 2. The highest BCUT2D eigenvalue weighted by atomic mass is 32.2. The van der Waals surface area contributed by atoms with Crippen molar-refractivity contribution in [3.8, 4) is 0 Å². The second-order valence-corrected chi connectivity index (χ2v) is 8.85. The van der Waals surface area contributed by atoms with Crippen LogP contribution in [0.2, 0.25) is 0 Å². The van der Waals surface area contributed by atoms with Crippen LogP contribution in [-0.2, 0) is 16.6 Å². The van der Waals surface area contributed by atoms with Gasteiger partial charge in [-0.3, -0.25) is 4.68 Å². The van der Waals surface area contributed by atoms with Gasteiger partial charge >= 0.3 is 12.2 Å². The Hall–Kier alpha value is -2.56. The second-order valence-electron chi connectivity index (χ2n) is 7.17. The van der Waals surface area contributed by atoms with E-state index in [1.54, 1.807) is 0 Å². The molecule has 0 aliphatic carbocycles. The first-order valence-corrected chi connectivity index (χ1v) is 10.3. The van der Waals surface area contributed by atoms with Crippen molar-refractivity contribution in [2.45, 2.75) is 57.1 Å². The van der Waals surface area contributed by atoms with Gasteiger partial charge in [0, 0.05) is 11.9 Å². The minimum atomic E-state index is -4.55. The third-order valence-corrected chi connectivity index (χ3v) is 5.39. The Bertz CT molecular complexity index is 956. The number of carbonyl (C=O) groups excluding carboxylic acids is 1. The first-order chi connectivity index (χ1) is 13.3. The van der Waals surface area contributed by atoms with Crippen LogP contribution in [0.25, 0.3) is 0 Å². The number of amides is 2. The minimum absolute atomic E-state index is 0.0706. The van der Waals surface area contributed by atoms with Gasteiger partial charge in [-0.15, -0.1) is 0 Å². The topological polar surface area (TPSA) is 93.1 Å². The Labute approximate surface area is 167 Å². The molecule has 11 heteroatoms. The molecule has 29 heavy (non-hydrogen) atoms. The van der Waals surface area contributed by atoms with Crippen LogP contribution in [0.5, 0.6) is 0 Å². The van der Waals surface area contributed by atoms with Gasteiger partial charge < -0.3 is 5.32 Å². The smallest absolute Gasteiger partial charge is 0.307 e. The number of benzene rings is 1. The maximum atomic E-state index is 12.4. The van der Waals surface area contributed by atoms with Crippen molar-refractivity contribution in [1.29, 1.82) is 0 Å². The summed E-state index contributed by atoms with van der Waals surface area (Å²) < 4.78 is 64.2. The summed E-state index contributed by atoms with van der Waals surface area (Å²) >= 11 is 0. The van der Waals surface area contributed by atoms with E-state index in [2.05, 4.69) is 10.4 Å². The predicted octanol–water partition coefficient (Wildman–Crippen LogP) is 4.20. The van der Waals surface area contributed by atoms with Gasteiger partial charge in [0.1, 0.15) is 11.4 Å². The third-order valence-electron chi connectivity index (χ3n) is 4.10. The lowest BCUT2D eigenvalue weighted by Crippen LogP contribution is -2.35. The van der Waals surface area contributed by atoms with E-state index in [0.29, 0.717) is 16.6 Å². The molecule has 0 radical (unpaired) electrons. The Morgan fingerprint density at radius 2 is 1.69 bits per heavy atom. The normalized spacial score (nSPS) is 12.4. The number of anilines is 1. The number of aromatic nitrogens is 2. The van der Waals surface area contributed by atoms with Crippen molar-refractivity contribution in [3.05, 3.63) is 41.7 Å². The quantitative estimate of drug-likeness (QED) is 0.715. The Balaban J connectivity index is 2.23. The highest BCUT2D eigenvalue weighted by Gasteiger charge is 2.29. The fourth-order valence-electron chi connectivity index (χ4n) is 2.77. The minimum Gasteiger partial charge on any atom is -0.307 e. The van der Waals surface area contributed by atoms with Gasteiger partial charge in [0.25, 0.3) is 10.0 Å². The molecule has 2 aromatic rings. The van der Waals surface area contributed by atoms with Crippen molar-refractivity contribution in [3.63, 3.8) is 0 Å². The van der Waals surface area contributed by atoms with Crippen molar-refractivity contribution in [2.24, 2.45) is 0 Å². The number of nitrogens with one attached hydrogen (secondary N) is 2. The Morgan fingerprint density at radius 3 is 2.17 bits per heavy atom. The first-order valence-electron chi connectivity index (χ1n) is 8.86. The zero-order valence-electron chi connectivity index (χ0n) is 16.4. The lowest BCUT2D eigenvalue weighted by atomic mass is 9.93. The van der Waals surface area contributed by atoms with Crippen LogP contribution in [0.3, 0.4) is 0 Å².